The molecule has 4 nitrogen and oxygen atoms in total. The van der Waals surface area contributed by atoms with Gasteiger partial charge in [0.25, 0.3) is 0 Å². The van der Waals surface area contributed by atoms with E-state index in [2.05, 4.69) is 0 Å². The van der Waals surface area contributed by atoms with E-state index in [1.54, 1.807) is 6.07 Å². The molecular weight excluding hydrogens is 236 g/mol. The van der Waals surface area contributed by atoms with E-state index in [4.69, 9.17) is 22.3 Å². The van der Waals surface area contributed by atoms with Crippen LogP contribution in [0.15, 0.2) is 29.2 Å². The fourth-order valence-corrected chi connectivity index (χ4v) is 2.22. The lowest BCUT2D eigenvalue weighted by Crippen LogP contribution is -2.20. The summed E-state index contributed by atoms with van der Waals surface area (Å²) in [6.07, 6.45) is 0.601. The lowest BCUT2D eigenvalue weighted by Gasteiger charge is -2.05. The molecule has 0 aliphatic rings. The predicted molar refractivity (Wildman–Crippen MR) is 56.8 cm³/mol. The van der Waals surface area contributed by atoms with Crippen LogP contribution in [0.25, 0.3) is 0 Å². The molecule has 0 amide bonds. The summed E-state index contributed by atoms with van der Waals surface area (Å²) in [5, 5.41) is 14.4. The number of sulfone groups is 1. The van der Waals surface area contributed by atoms with Crippen LogP contribution in [0.3, 0.4) is 0 Å². The molecule has 0 aromatic heterocycles. The lowest BCUT2D eigenvalue weighted by atomic mass is 10.4. The summed E-state index contributed by atoms with van der Waals surface area (Å²) < 4.78 is 23.4. The molecule has 1 rings (SSSR count). The van der Waals surface area contributed by atoms with Gasteiger partial charge in [-0.05, 0) is 24.3 Å². The van der Waals surface area contributed by atoms with E-state index in [-0.39, 0.29) is 4.90 Å². The Hall–Kier alpha value is -1.38. The predicted octanol–water partition coefficient (Wildman–Crippen LogP) is 1.66. The summed E-state index contributed by atoms with van der Waals surface area (Å²) in [4.78, 5) is -0.0121. The Labute approximate surface area is 92.5 Å². The number of halogens is 1. The fourth-order valence-electron chi connectivity index (χ4n) is 0.967. The SMILES string of the molecule is N#C[C@H](C=N)S(=O)(=O)c1ccc(Cl)cc1. The minimum Gasteiger partial charge on any atom is -0.311 e. The minimum atomic E-state index is -3.78. The van der Waals surface area contributed by atoms with E-state index in [9.17, 15) is 8.42 Å². The monoisotopic (exact) mass is 242 g/mol. The van der Waals surface area contributed by atoms with Crippen molar-refractivity contribution >= 4 is 27.7 Å². The number of nitrogens with zero attached hydrogens (tertiary/aromatic N) is 1. The van der Waals surface area contributed by atoms with E-state index < -0.39 is 15.1 Å². The third kappa shape index (κ3) is 2.35. The Bertz CT molecular complexity index is 502. The normalized spacial score (nSPS) is 12.8. The second-order valence-corrected chi connectivity index (χ2v) is 5.22. The smallest absolute Gasteiger partial charge is 0.199 e. The van der Waals surface area contributed by atoms with Crippen LogP contribution in [-0.2, 0) is 9.84 Å². The molecule has 0 aliphatic heterocycles. The van der Waals surface area contributed by atoms with Crippen LogP contribution in [0.4, 0.5) is 0 Å². The maximum Gasteiger partial charge on any atom is 0.199 e. The molecule has 0 fully saturated rings. The largest absolute Gasteiger partial charge is 0.311 e. The molecule has 1 N–H and O–H groups in total. The van der Waals surface area contributed by atoms with Crippen molar-refractivity contribution in [3.63, 3.8) is 0 Å². The van der Waals surface area contributed by atoms with Gasteiger partial charge in [0.05, 0.1) is 11.0 Å². The first-order valence-electron chi connectivity index (χ1n) is 3.92. The first kappa shape index (κ1) is 11.7. The zero-order chi connectivity index (χ0) is 11.5. The first-order valence-corrected chi connectivity index (χ1v) is 5.84. The number of hydrogen-bond donors (Lipinski definition) is 1. The highest BCUT2D eigenvalue weighted by molar-refractivity contribution is 7.93. The van der Waals surface area contributed by atoms with Crippen LogP contribution in [0.1, 0.15) is 0 Å². The van der Waals surface area contributed by atoms with Gasteiger partial charge in [0.15, 0.2) is 15.1 Å². The van der Waals surface area contributed by atoms with E-state index in [0.717, 1.165) is 0 Å². The molecule has 78 valence electrons. The zero-order valence-corrected chi connectivity index (χ0v) is 9.09. The van der Waals surface area contributed by atoms with Crippen molar-refractivity contribution < 1.29 is 8.42 Å². The molecule has 1 atom stereocenters. The molecule has 1 aromatic carbocycles. The summed E-state index contributed by atoms with van der Waals surface area (Å²) in [7, 11) is -3.78. The van der Waals surface area contributed by atoms with Crippen molar-refractivity contribution in [3.05, 3.63) is 29.3 Å². The third-order valence-electron chi connectivity index (χ3n) is 1.76. The highest BCUT2D eigenvalue weighted by Crippen LogP contribution is 2.17. The molecule has 0 saturated heterocycles. The van der Waals surface area contributed by atoms with Crippen molar-refractivity contribution in [2.24, 2.45) is 0 Å². The molecular formula is C9H7ClN2O2S. The van der Waals surface area contributed by atoms with Gasteiger partial charge in [0, 0.05) is 11.2 Å². The van der Waals surface area contributed by atoms with Crippen molar-refractivity contribution in [2.45, 2.75) is 10.1 Å². The Morgan fingerprint density at radius 1 is 1.40 bits per heavy atom. The van der Waals surface area contributed by atoms with Gasteiger partial charge >= 0.3 is 0 Å². The second kappa shape index (κ2) is 4.43. The topological polar surface area (TPSA) is 81.8 Å². The van der Waals surface area contributed by atoms with Crippen molar-refractivity contribution in [1.29, 1.82) is 10.7 Å². The van der Waals surface area contributed by atoms with E-state index in [0.29, 0.717) is 11.2 Å². The van der Waals surface area contributed by atoms with Crippen LogP contribution >= 0.6 is 11.6 Å². The van der Waals surface area contributed by atoms with Crippen LogP contribution in [0.2, 0.25) is 5.02 Å². The molecule has 0 aliphatic carbocycles. The van der Waals surface area contributed by atoms with E-state index >= 15 is 0 Å². The summed E-state index contributed by atoms with van der Waals surface area (Å²) in [6, 6.07) is 7.01. The molecule has 0 spiro atoms. The second-order valence-electron chi connectivity index (χ2n) is 2.72. The van der Waals surface area contributed by atoms with Crippen molar-refractivity contribution in [1.82, 2.24) is 0 Å². The molecule has 0 saturated carbocycles. The van der Waals surface area contributed by atoms with Gasteiger partial charge in [-0.2, -0.15) is 5.26 Å². The maximum atomic E-state index is 11.7. The van der Waals surface area contributed by atoms with Crippen LogP contribution in [0.5, 0.6) is 0 Å². The number of nitrogens with one attached hydrogen (secondary N) is 1. The van der Waals surface area contributed by atoms with Gasteiger partial charge in [0.2, 0.25) is 0 Å². The van der Waals surface area contributed by atoms with Crippen molar-refractivity contribution in [2.75, 3.05) is 0 Å². The summed E-state index contributed by atoms with van der Waals surface area (Å²) in [5.41, 5.74) is 0. The third-order valence-corrected chi connectivity index (χ3v) is 3.85. The van der Waals surface area contributed by atoms with E-state index in [1.165, 1.54) is 24.3 Å². The molecule has 0 radical (unpaired) electrons. The first-order chi connectivity index (χ1) is 7.02. The van der Waals surface area contributed by atoms with Gasteiger partial charge in [-0.15, -0.1) is 0 Å². The summed E-state index contributed by atoms with van der Waals surface area (Å²) in [6.45, 7) is 0. The van der Waals surface area contributed by atoms with Gasteiger partial charge < -0.3 is 5.41 Å². The Kier molecular flexibility index (Phi) is 3.45. The van der Waals surface area contributed by atoms with Gasteiger partial charge in [0.1, 0.15) is 0 Å². The Balaban J connectivity index is 3.24. The highest BCUT2D eigenvalue weighted by atomic mass is 35.5. The zero-order valence-electron chi connectivity index (χ0n) is 7.51. The quantitative estimate of drug-likeness (QED) is 0.819. The molecule has 6 heteroatoms. The van der Waals surface area contributed by atoms with Gasteiger partial charge in [-0.25, -0.2) is 8.42 Å². The summed E-state index contributed by atoms with van der Waals surface area (Å²) >= 11 is 5.60. The molecule has 15 heavy (non-hydrogen) atoms. The lowest BCUT2D eigenvalue weighted by molar-refractivity contribution is 0.596. The number of benzene rings is 1. The molecule has 1 aromatic rings. The average Bonchev–Trinajstić information content (AvgIpc) is 2.19. The van der Waals surface area contributed by atoms with Crippen molar-refractivity contribution in [3.8, 4) is 6.07 Å². The standard InChI is InChI=1S/C9H7ClN2O2S/c10-7-1-3-8(4-2-7)15(13,14)9(5-11)6-12/h1-5,9,11H/t9-/m0/s1. The van der Waals surface area contributed by atoms with Crippen LogP contribution in [-0.4, -0.2) is 19.9 Å². The summed E-state index contributed by atoms with van der Waals surface area (Å²) in [5.74, 6) is 0. The molecule has 0 heterocycles. The van der Waals surface area contributed by atoms with Gasteiger partial charge in [-0.3, -0.25) is 0 Å². The van der Waals surface area contributed by atoms with E-state index in [1.807, 2.05) is 0 Å². The number of nitriles is 1. The Morgan fingerprint density at radius 2 is 1.93 bits per heavy atom. The Morgan fingerprint density at radius 3 is 2.33 bits per heavy atom. The fraction of sp³-hybridized carbons (Fsp3) is 0.111. The minimum absolute atomic E-state index is 0.0121. The van der Waals surface area contributed by atoms with Gasteiger partial charge in [-0.1, -0.05) is 11.6 Å². The number of hydrogen-bond acceptors (Lipinski definition) is 4. The number of rotatable bonds is 3. The van der Waals surface area contributed by atoms with Crippen LogP contribution in [0, 0.1) is 16.7 Å². The molecule has 0 bridgehead atoms. The highest BCUT2D eigenvalue weighted by Gasteiger charge is 2.25. The van der Waals surface area contributed by atoms with Crippen LogP contribution < -0.4 is 0 Å². The maximum absolute atomic E-state index is 11.7. The average molecular weight is 243 g/mol. The molecule has 0 unspecified atom stereocenters.